The Morgan fingerprint density at radius 2 is 1.96 bits per heavy atom. The van der Waals surface area contributed by atoms with Crippen LogP contribution in [0.15, 0.2) is 35.3 Å². The third-order valence-corrected chi connectivity index (χ3v) is 3.62. The first-order valence-electron chi connectivity index (χ1n) is 8.12. The number of nitriles is 1. The molecule has 0 aromatic heterocycles. The zero-order chi connectivity index (χ0) is 18.2. The van der Waals surface area contributed by atoms with Gasteiger partial charge in [0.1, 0.15) is 0 Å². The fraction of sp³-hybridized carbons (Fsp3) is 0.526. The normalized spacial score (nSPS) is 13.5. The van der Waals surface area contributed by atoms with Gasteiger partial charge in [0.05, 0.1) is 6.07 Å². The Balaban J connectivity index is 2.65. The van der Waals surface area contributed by atoms with Gasteiger partial charge in [-0.3, -0.25) is 9.79 Å². The highest BCUT2D eigenvalue weighted by Crippen LogP contribution is 2.17. The quantitative estimate of drug-likeness (QED) is 0.746. The summed E-state index contributed by atoms with van der Waals surface area (Å²) in [7, 11) is 4.04. The van der Waals surface area contributed by atoms with Gasteiger partial charge in [0.15, 0.2) is 5.92 Å². The van der Waals surface area contributed by atoms with E-state index in [0.29, 0.717) is 18.8 Å². The molecule has 0 fully saturated rings. The molecule has 1 unspecified atom stereocenters. The van der Waals surface area contributed by atoms with E-state index in [1.54, 1.807) is 6.92 Å². The molecule has 5 heteroatoms. The van der Waals surface area contributed by atoms with E-state index in [1.807, 2.05) is 44.4 Å². The number of nitrogens with one attached hydrogen (secondary N) is 1. The van der Waals surface area contributed by atoms with Crippen LogP contribution >= 0.6 is 0 Å². The van der Waals surface area contributed by atoms with Gasteiger partial charge in [-0.1, -0.05) is 44.2 Å². The van der Waals surface area contributed by atoms with E-state index >= 15 is 0 Å². The molecule has 130 valence electrons. The van der Waals surface area contributed by atoms with Gasteiger partial charge in [-0.05, 0) is 32.0 Å². The first-order chi connectivity index (χ1) is 11.2. The van der Waals surface area contributed by atoms with Crippen molar-refractivity contribution >= 4 is 11.6 Å². The van der Waals surface area contributed by atoms with Gasteiger partial charge in [0.25, 0.3) is 0 Å². The molecule has 0 heterocycles. The number of aliphatic imine (C=N–C) groups is 1. The fourth-order valence-corrected chi connectivity index (χ4v) is 2.56. The van der Waals surface area contributed by atoms with Crippen molar-refractivity contribution < 1.29 is 4.79 Å². The molecule has 0 bridgehead atoms. The molecule has 0 aliphatic carbocycles. The largest absolute Gasteiger partial charge is 0.351 e. The summed E-state index contributed by atoms with van der Waals surface area (Å²) >= 11 is 0. The summed E-state index contributed by atoms with van der Waals surface area (Å²) in [5.41, 5.74) is 1.56. The van der Waals surface area contributed by atoms with Crippen LogP contribution in [0.4, 0.5) is 0 Å². The molecule has 1 aromatic carbocycles. The summed E-state index contributed by atoms with van der Waals surface area (Å²) in [5, 5.41) is 12.1. The molecule has 0 saturated carbocycles. The second-order valence-corrected chi connectivity index (χ2v) is 7.13. The van der Waals surface area contributed by atoms with E-state index in [2.05, 4.69) is 35.1 Å². The molecule has 0 spiro atoms. The Kier molecular flexibility index (Phi) is 7.60. The lowest BCUT2D eigenvalue weighted by atomic mass is 9.93. The van der Waals surface area contributed by atoms with Crippen molar-refractivity contribution in [1.29, 1.82) is 5.26 Å². The Morgan fingerprint density at radius 3 is 2.50 bits per heavy atom. The van der Waals surface area contributed by atoms with Crippen molar-refractivity contribution in [1.82, 2.24) is 10.2 Å². The lowest BCUT2D eigenvalue weighted by Crippen LogP contribution is -2.35. The number of rotatable bonds is 8. The summed E-state index contributed by atoms with van der Waals surface area (Å²) in [6.45, 7) is 7.89. The van der Waals surface area contributed by atoms with Crippen LogP contribution in [-0.2, 0) is 11.3 Å². The number of carbonyl (C=O) groups excluding carboxylic acids is 1. The van der Waals surface area contributed by atoms with Crippen molar-refractivity contribution in [2.24, 2.45) is 16.3 Å². The average Bonchev–Trinajstić information content (AvgIpc) is 2.51. The molecule has 0 saturated heterocycles. The second-order valence-electron chi connectivity index (χ2n) is 7.13. The summed E-state index contributed by atoms with van der Waals surface area (Å²) < 4.78 is 0. The maximum Gasteiger partial charge on any atom is 0.243 e. The molecule has 1 N–H and O–H groups in total. The maximum atomic E-state index is 12.3. The molecular weight excluding hydrogens is 300 g/mol. The van der Waals surface area contributed by atoms with Crippen LogP contribution in [-0.4, -0.2) is 43.7 Å². The van der Waals surface area contributed by atoms with Crippen LogP contribution in [0, 0.1) is 22.7 Å². The lowest BCUT2D eigenvalue weighted by molar-refractivity contribution is -0.121. The topological polar surface area (TPSA) is 68.5 Å². The number of benzene rings is 1. The Bertz CT molecular complexity index is 600. The smallest absolute Gasteiger partial charge is 0.243 e. The van der Waals surface area contributed by atoms with E-state index in [4.69, 9.17) is 0 Å². The first-order valence-corrected chi connectivity index (χ1v) is 8.12. The molecular formula is C19H28N4O. The zero-order valence-electron chi connectivity index (χ0n) is 15.3. The number of hydrogen-bond acceptors (Lipinski definition) is 4. The van der Waals surface area contributed by atoms with Crippen LogP contribution in [0.2, 0.25) is 0 Å². The highest BCUT2D eigenvalue weighted by molar-refractivity contribution is 6.05. The average molecular weight is 328 g/mol. The summed E-state index contributed by atoms with van der Waals surface area (Å²) in [5.74, 6) is -1.14. The number of carbonyl (C=O) groups is 1. The molecule has 1 atom stereocenters. The zero-order valence-corrected chi connectivity index (χ0v) is 15.3. The lowest BCUT2D eigenvalue weighted by Gasteiger charge is -2.26. The van der Waals surface area contributed by atoms with Gasteiger partial charge in [-0.15, -0.1) is 0 Å². The Morgan fingerprint density at radius 1 is 1.33 bits per heavy atom. The standard InChI is InChI=1S/C19H28N4O/c1-15(22-13-19(2,3)14-23(4)5)17(11-20)18(24)21-12-16-9-7-6-8-10-16/h6-10,17H,12-14H2,1-5H3,(H,21,24). The molecule has 1 rings (SSSR count). The van der Waals surface area contributed by atoms with Crippen molar-refractivity contribution in [3.05, 3.63) is 35.9 Å². The van der Waals surface area contributed by atoms with Crippen LogP contribution in [0.3, 0.4) is 0 Å². The molecule has 24 heavy (non-hydrogen) atoms. The van der Waals surface area contributed by atoms with E-state index in [0.717, 1.165) is 12.1 Å². The van der Waals surface area contributed by atoms with E-state index < -0.39 is 5.92 Å². The van der Waals surface area contributed by atoms with Gasteiger partial charge in [0, 0.05) is 25.3 Å². The van der Waals surface area contributed by atoms with Crippen LogP contribution < -0.4 is 5.32 Å². The van der Waals surface area contributed by atoms with Crippen molar-refractivity contribution in [2.45, 2.75) is 27.3 Å². The van der Waals surface area contributed by atoms with Crippen molar-refractivity contribution in [3.63, 3.8) is 0 Å². The van der Waals surface area contributed by atoms with Gasteiger partial charge >= 0.3 is 0 Å². The van der Waals surface area contributed by atoms with E-state index in [1.165, 1.54) is 0 Å². The number of nitrogens with zero attached hydrogens (tertiary/aromatic N) is 3. The van der Waals surface area contributed by atoms with Crippen LogP contribution in [0.1, 0.15) is 26.3 Å². The Labute approximate surface area is 145 Å². The summed E-state index contributed by atoms with van der Waals surface area (Å²) in [4.78, 5) is 18.9. The second kappa shape index (κ2) is 9.19. The van der Waals surface area contributed by atoms with Gasteiger partial charge in [-0.25, -0.2) is 0 Å². The highest BCUT2D eigenvalue weighted by atomic mass is 16.1. The van der Waals surface area contributed by atoms with Gasteiger partial charge < -0.3 is 10.2 Å². The van der Waals surface area contributed by atoms with Gasteiger partial charge in [0.2, 0.25) is 5.91 Å². The van der Waals surface area contributed by atoms with Crippen molar-refractivity contribution in [2.75, 3.05) is 27.2 Å². The minimum absolute atomic E-state index is 0.00865. The van der Waals surface area contributed by atoms with Crippen LogP contribution in [0.5, 0.6) is 0 Å². The molecule has 1 aromatic rings. The Hall–Kier alpha value is -2.19. The highest BCUT2D eigenvalue weighted by Gasteiger charge is 2.23. The SMILES string of the molecule is CC(=NCC(C)(C)CN(C)C)C(C#N)C(=O)NCc1ccccc1. The van der Waals surface area contributed by atoms with Crippen LogP contribution in [0.25, 0.3) is 0 Å². The molecule has 5 nitrogen and oxygen atoms in total. The van der Waals surface area contributed by atoms with E-state index in [-0.39, 0.29) is 11.3 Å². The molecule has 0 aliphatic rings. The molecule has 0 aliphatic heterocycles. The number of amides is 1. The minimum Gasteiger partial charge on any atom is -0.351 e. The van der Waals surface area contributed by atoms with Gasteiger partial charge in [-0.2, -0.15) is 5.26 Å². The number of hydrogen-bond donors (Lipinski definition) is 1. The predicted molar refractivity (Wildman–Crippen MR) is 97.7 cm³/mol. The maximum absolute atomic E-state index is 12.3. The monoisotopic (exact) mass is 328 g/mol. The summed E-state index contributed by atoms with van der Waals surface area (Å²) in [6.07, 6.45) is 0. The third kappa shape index (κ3) is 6.93. The van der Waals surface area contributed by atoms with E-state index in [9.17, 15) is 10.1 Å². The molecule has 1 amide bonds. The van der Waals surface area contributed by atoms with Crippen molar-refractivity contribution in [3.8, 4) is 6.07 Å². The predicted octanol–water partition coefficient (Wildman–Crippen LogP) is 2.49. The fourth-order valence-electron chi connectivity index (χ4n) is 2.56. The molecule has 0 radical (unpaired) electrons. The third-order valence-electron chi connectivity index (χ3n) is 3.62. The summed E-state index contributed by atoms with van der Waals surface area (Å²) in [6, 6.07) is 11.7. The minimum atomic E-state index is -0.844. The first kappa shape index (κ1) is 19.9.